The molecule has 1 heterocycles. The van der Waals surface area contributed by atoms with E-state index in [0.29, 0.717) is 23.6 Å². The number of carbonyl (C=O) groups excluding carboxylic acids is 1. The van der Waals surface area contributed by atoms with Crippen molar-refractivity contribution in [1.29, 1.82) is 0 Å². The summed E-state index contributed by atoms with van der Waals surface area (Å²) in [4.78, 5) is 16.7. The molecule has 0 spiro atoms. The molecule has 0 aliphatic rings. The lowest BCUT2D eigenvalue weighted by Crippen LogP contribution is -2.19. The second-order valence-electron chi connectivity index (χ2n) is 8.70. The molecule has 0 fully saturated rings. The van der Waals surface area contributed by atoms with Crippen molar-refractivity contribution in [3.8, 4) is 17.2 Å². The Morgan fingerprint density at radius 3 is 2.17 bits per heavy atom. The fourth-order valence-corrected chi connectivity index (χ4v) is 4.29. The smallest absolute Gasteiger partial charge is 0.230 e. The molecule has 0 aliphatic carbocycles. The highest BCUT2D eigenvalue weighted by Gasteiger charge is 2.15. The molecule has 4 aromatic rings. The van der Waals surface area contributed by atoms with Crippen LogP contribution < -0.4 is 5.32 Å². The number of ketones is 1. The molecule has 1 aromatic heterocycles. The zero-order valence-corrected chi connectivity index (χ0v) is 19.9. The number of aromatic hydroxyl groups is 1. The Balaban J connectivity index is 1.15. The molecule has 0 bridgehead atoms. The van der Waals surface area contributed by atoms with E-state index in [1.165, 1.54) is 17.4 Å². The number of nitrogens with one attached hydrogen (secondary N) is 1. The maximum atomic E-state index is 12.5. The van der Waals surface area contributed by atoms with Gasteiger partial charge < -0.3 is 14.8 Å². The maximum absolute atomic E-state index is 12.5. The van der Waals surface area contributed by atoms with Crippen molar-refractivity contribution in [2.24, 2.45) is 0 Å². The summed E-state index contributed by atoms with van der Waals surface area (Å²) >= 11 is 0. The summed E-state index contributed by atoms with van der Waals surface area (Å²) in [6, 6.07) is 28.1. The minimum atomic E-state index is -0.0306. The van der Waals surface area contributed by atoms with Crippen molar-refractivity contribution in [2.45, 2.75) is 38.0 Å². The second-order valence-corrected chi connectivity index (χ2v) is 8.70. The van der Waals surface area contributed by atoms with Gasteiger partial charge >= 0.3 is 0 Å². The molecule has 0 radical (unpaired) electrons. The van der Waals surface area contributed by atoms with Gasteiger partial charge in [0.15, 0.2) is 5.78 Å². The topological polar surface area (TPSA) is 75.4 Å². The van der Waals surface area contributed by atoms with E-state index in [2.05, 4.69) is 71.0 Å². The fraction of sp³-hybridized carbons (Fsp3) is 0.267. The van der Waals surface area contributed by atoms with Crippen molar-refractivity contribution in [2.75, 3.05) is 13.1 Å². The van der Waals surface area contributed by atoms with Crippen LogP contribution in [0, 0.1) is 0 Å². The number of hydrogen-bond donors (Lipinski definition) is 2. The number of aromatic nitrogens is 1. The lowest BCUT2D eigenvalue weighted by atomic mass is 9.88. The van der Waals surface area contributed by atoms with E-state index in [9.17, 15) is 9.90 Å². The summed E-state index contributed by atoms with van der Waals surface area (Å²) in [5, 5.41) is 13.5. The first kappa shape index (κ1) is 24.4. The maximum Gasteiger partial charge on any atom is 0.230 e. The predicted molar refractivity (Wildman–Crippen MR) is 139 cm³/mol. The molecule has 4 rings (SSSR count). The fourth-order valence-electron chi connectivity index (χ4n) is 4.29. The van der Waals surface area contributed by atoms with Gasteiger partial charge in [-0.1, -0.05) is 79.2 Å². The minimum absolute atomic E-state index is 0.0306. The Hall–Kier alpha value is -3.70. The van der Waals surface area contributed by atoms with Crippen LogP contribution in [-0.4, -0.2) is 29.0 Å². The quantitative estimate of drug-likeness (QED) is 0.171. The van der Waals surface area contributed by atoms with Crippen LogP contribution in [-0.2, 0) is 0 Å². The van der Waals surface area contributed by atoms with E-state index < -0.39 is 0 Å². The first-order valence-electron chi connectivity index (χ1n) is 12.3. The number of Topliss-reactive ketones (excluding diaryl/α,β-unsaturated/α-hetero) is 1. The van der Waals surface area contributed by atoms with Gasteiger partial charge in [0, 0.05) is 12.3 Å². The van der Waals surface area contributed by atoms with Crippen LogP contribution in [0.15, 0.2) is 95.6 Å². The first-order chi connectivity index (χ1) is 17.2. The molecule has 0 unspecified atom stereocenters. The molecule has 0 amide bonds. The lowest BCUT2D eigenvalue weighted by molar-refractivity contribution is 0.0974. The first-order valence-corrected chi connectivity index (χ1v) is 12.3. The van der Waals surface area contributed by atoms with E-state index >= 15 is 0 Å². The summed E-state index contributed by atoms with van der Waals surface area (Å²) in [5.41, 5.74) is 3.49. The van der Waals surface area contributed by atoms with Crippen molar-refractivity contribution in [3.05, 3.63) is 108 Å². The summed E-state index contributed by atoms with van der Waals surface area (Å²) < 4.78 is 5.41. The molecular weight excluding hydrogens is 436 g/mol. The van der Waals surface area contributed by atoms with E-state index in [1.54, 1.807) is 24.3 Å². The third kappa shape index (κ3) is 6.90. The molecule has 5 nitrogen and oxygen atoms in total. The SMILES string of the molecule is O=C(CCCCCNCCC(c1ccccc1)c1ccccc1)c1coc(-c2ccccc2O)n1. The van der Waals surface area contributed by atoms with Gasteiger partial charge in [0.25, 0.3) is 0 Å². The molecular formula is C30H32N2O3. The van der Waals surface area contributed by atoms with Crippen LogP contribution in [0.3, 0.4) is 0 Å². The van der Waals surface area contributed by atoms with Gasteiger partial charge in [0.2, 0.25) is 5.89 Å². The summed E-state index contributed by atoms with van der Waals surface area (Å²) in [6.45, 7) is 1.88. The normalized spacial score (nSPS) is 11.1. The number of phenolic OH excluding ortho intramolecular Hbond substituents is 1. The number of phenols is 1. The van der Waals surface area contributed by atoms with Crippen LogP contribution in [0.4, 0.5) is 0 Å². The summed E-state index contributed by atoms with van der Waals surface area (Å²) in [5.74, 6) is 0.698. The number of para-hydroxylation sites is 1. The Bertz CT molecular complexity index is 1150. The van der Waals surface area contributed by atoms with Gasteiger partial charge in [0.05, 0.1) is 5.56 Å². The van der Waals surface area contributed by atoms with Crippen LogP contribution in [0.2, 0.25) is 0 Å². The van der Waals surface area contributed by atoms with Crippen molar-refractivity contribution >= 4 is 5.78 Å². The van der Waals surface area contributed by atoms with Crippen LogP contribution in [0.25, 0.3) is 11.5 Å². The number of oxazole rings is 1. The van der Waals surface area contributed by atoms with Crippen LogP contribution >= 0.6 is 0 Å². The van der Waals surface area contributed by atoms with E-state index in [0.717, 1.165) is 38.8 Å². The minimum Gasteiger partial charge on any atom is -0.507 e. The molecule has 0 saturated carbocycles. The average Bonchev–Trinajstić information content (AvgIpc) is 3.39. The van der Waals surface area contributed by atoms with Gasteiger partial charge in [-0.05, 0) is 55.6 Å². The molecule has 0 aliphatic heterocycles. The number of nitrogens with zero attached hydrogens (tertiary/aromatic N) is 1. The van der Waals surface area contributed by atoms with Crippen LogP contribution in [0.5, 0.6) is 5.75 Å². The molecule has 35 heavy (non-hydrogen) atoms. The third-order valence-corrected chi connectivity index (χ3v) is 6.20. The van der Waals surface area contributed by atoms with Gasteiger partial charge in [-0.25, -0.2) is 4.98 Å². The van der Waals surface area contributed by atoms with Crippen molar-refractivity contribution < 1.29 is 14.3 Å². The van der Waals surface area contributed by atoms with Crippen molar-refractivity contribution in [1.82, 2.24) is 10.3 Å². The number of benzene rings is 3. The Labute approximate surface area is 206 Å². The monoisotopic (exact) mass is 468 g/mol. The molecule has 2 N–H and O–H groups in total. The highest BCUT2D eigenvalue weighted by molar-refractivity contribution is 5.94. The Morgan fingerprint density at radius 2 is 1.49 bits per heavy atom. The Morgan fingerprint density at radius 1 is 0.829 bits per heavy atom. The summed E-state index contributed by atoms with van der Waals surface area (Å²) in [6.07, 6.45) is 5.67. The van der Waals surface area contributed by atoms with Crippen LogP contribution in [0.1, 0.15) is 59.6 Å². The highest BCUT2D eigenvalue weighted by Crippen LogP contribution is 2.28. The number of hydrogen-bond acceptors (Lipinski definition) is 5. The standard InChI is InChI=1S/C30H32N2O3/c33-28-17-10-9-16-26(28)30-32-27(22-35-30)29(34)18-8-3-11-20-31-21-19-25(23-12-4-1-5-13-23)24-14-6-2-7-15-24/h1-2,4-7,9-10,12-17,22,25,31,33H,3,8,11,18-21H2. The molecule has 5 heteroatoms. The zero-order chi connectivity index (χ0) is 24.3. The van der Waals surface area contributed by atoms with E-state index in [-0.39, 0.29) is 17.4 Å². The highest BCUT2D eigenvalue weighted by atomic mass is 16.3. The predicted octanol–water partition coefficient (Wildman–Crippen LogP) is 6.60. The lowest BCUT2D eigenvalue weighted by Gasteiger charge is -2.18. The Kier molecular flexibility index (Phi) is 8.85. The molecule has 3 aromatic carbocycles. The third-order valence-electron chi connectivity index (χ3n) is 6.20. The number of unbranched alkanes of at least 4 members (excludes halogenated alkanes) is 2. The molecule has 0 saturated heterocycles. The zero-order valence-electron chi connectivity index (χ0n) is 19.9. The van der Waals surface area contributed by atoms with E-state index in [4.69, 9.17) is 4.42 Å². The molecule has 180 valence electrons. The van der Waals surface area contributed by atoms with E-state index in [1.807, 2.05) is 0 Å². The average molecular weight is 469 g/mol. The van der Waals surface area contributed by atoms with Gasteiger partial charge in [-0.2, -0.15) is 0 Å². The van der Waals surface area contributed by atoms with Gasteiger partial charge in [0.1, 0.15) is 17.7 Å². The second kappa shape index (κ2) is 12.7. The molecule has 0 atom stereocenters. The summed E-state index contributed by atoms with van der Waals surface area (Å²) in [7, 11) is 0. The van der Waals surface area contributed by atoms with Crippen molar-refractivity contribution in [3.63, 3.8) is 0 Å². The van der Waals surface area contributed by atoms with Gasteiger partial charge in [-0.3, -0.25) is 4.79 Å². The van der Waals surface area contributed by atoms with Gasteiger partial charge in [-0.15, -0.1) is 0 Å². The largest absolute Gasteiger partial charge is 0.507 e. The number of rotatable bonds is 13. The number of carbonyl (C=O) groups is 1.